The summed E-state index contributed by atoms with van der Waals surface area (Å²) in [5, 5.41) is 9.75. The standard InChI is InChI=1S/C16H13F3N4O3S/c1-27(26)23-6-5-21-3-2-4-22-15(25)14(24)9-11-7-12(16(17,18)19)10-13(20)8-11/h3,7-8,10,14,24H,9,20H2,1H3/t14-,27?/m1/s1. The Kier molecular flexibility index (Phi) is 8.48. The fourth-order valence-corrected chi connectivity index (χ4v) is 1.85. The third kappa shape index (κ3) is 8.87. The maximum absolute atomic E-state index is 12.7. The lowest BCUT2D eigenvalue weighted by Crippen LogP contribution is -2.21. The van der Waals surface area contributed by atoms with Crippen LogP contribution in [0.4, 0.5) is 18.9 Å². The minimum atomic E-state index is -4.60. The molecule has 0 aliphatic carbocycles. The van der Waals surface area contributed by atoms with Crippen molar-refractivity contribution in [2.45, 2.75) is 18.7 Å². The number of nitrogens with two attached hydrogens (primary N) is 1. The van der Waals surface area contributed by atoms with Crippen molar-refractivity contribution in [2.24, 2.45) is 14.4 Å². The molecule has 0 aromatic heterocycles. The van der Waals surface area contributed by atoms with Crippen molar-refractivity contribution in [3.63, 3.8) is 0 Å². The number of rotatable bonds is 5. The molecule has 1 rings (SSSR count). The number of halogens is 3. The SMILES string of the molecule is C[S+]([O-])N=C=C=NC=C=C=NC(=O)[C@H](O)Cc1cc(N)cc(C(F)(F)F)c1. The van der Waals surface area contributed by atoms with Gasteiger partial charge in [0, 0.05) is 18.0 Å². The number of aliphatic imine (C=N–C) groups is 2. The normalized spacial score (nSPS) is 12.4. The van der Waals surface area contributed by atoms with E-state index in [0.717, 1.165) is 18.3 Å². The number of nitrogens with zero attached hydrogens (tertiary/aromatic N) is 3. The van der Waals surface area contributed by atoms with E-state index in [0.29, 0.717) is 0 Å². The molecule has 1 aromatic rings. The number of anilines is 1. The van der Waals surface area contributed by atoms with E-state index in [9.17, 15) is 27.6 Å². The number of nitrogen functional groups attached to an aromatic ring is 1. The van der Waals surface area contributed by atoms with Crippen molar-refractivity contribution in [3.05, 3.63) is 41.3 Å². The van der Waals surface area contributed by atoms with Crippen LogP contribution in [-0.2, 0) is 28.8 Å². The second-order valence-corrected chi connectivity index (χ2v) is 5.91. The molecule has 0 fully saturated rings. The fraction of sp³-hybridized carbons (Fsp3) is 0.250. The van der Waals surface area contributed by atoms with Gasteiger partial charge in [-0.25, -0.2) is 0 Å². The largest absolute Gasteiger partial charge is 0.591 e. The summed E-state index contributed by atoms with van der Waals surface area (Å²) in [5.74, 6) is 5.31. The van der Waals surface area contributed by atoms with Crippen LogP contribution in [-0.4, -0.2) is 45.5 Å². The molecule has 2 atom stereocenters. The minimum Gasteiger partial charge on any atom is -0.591 e. The number of hydrogen-bond acceptors (Lipinski definition) is 6. The topological polar surface area (TPSA) is 123 Å². The molecule has 27 heavy (non-hydrogen) atoms. The molecular formula is C16H13F3N4O3S. The first kappa shape index (κ1) is 22.2. The van der Waals surface area contributed by atoms with E-state index in [-0.39, 0.29) is 11.3 Å². The summed E-state index contributed by atoms with van der Waals surface area (Å²) in [6, 6.07) is 2.76. The van der Waals surface area contributed by atoms with E-state index in [1.807, 2.05) is 0 Å². The molecule has 0 spiro atoms. The van der Waals surface area contributed by atoms with Crippen LogP contribution in [0.25, 0.3) is 0 Å². The fourth-order valence-electron chi connectivity index (χ4n) is 1.68. The lowest BCUT2D eigenvalue weighted by Gasteiger charge is -2.11. The Morgan fingerprint density at radius 1 is 1.37 bits per heavy atom. The van der Waals surface area contributed by atoms with Crippen LogP contribution in [0.2, 0.25) is 0 Å². The van der Waals surface area contributed by atoms with Crippen LogP contribution < -0.4 is 5.73 Å². The maximum atomic E-state index is 12.7. The predicted octanol–water partition coefficient (Wildman–Crippen LogP) is 1.25. The average Bonchev–Trinajstić information content (AvgIpc) is 2.55. The van der Waals surface area contributed by atoms with Gasteiger partial charge in [0.1, 0.15) is 29.6 Å². The quantitative estimate of drug-likeness (QED) is 0.335. The van der Waals surface area contributed by atoms with E-state index >= 15 is 0 Å². The zero-order valence-electron chi connectivity index (χ0n) is 13.8. The molecule has 1 unspecified atom stereocenters. The van der Waals surface area contributed by atoms with Gasteiger partial charge in [0.05, 0.1) is 17.6 Å². The van der Waals surface area contributed by atoms with Crippen LogP contribution in [0.5, 0.6) is 0 Å². The predicted molar refractivity (Wildman–Crippen MR) is 95.0 cm³/mol. The molecular weight excluding hydrogens is 385 g/mol. The zero-order chi connectivity index (χ0) is 20.4. The number of aliphatic hydroxyl groups is 1. The maximum Gasteiger partial charge on any atom is 0.416 e. The van der Waals surface area contributed by atoms with Gasteiger partial charge >= 0.3 is 6.18 Å². The van der Waals surface area contributed by atoms with Gasteiger partial charge in [-0.3, -0.25) is 4.79 Å². The van der Waals surface area contributed by atoms with E-state index in [1.54, 1.807) is 0 Å². The van der Waals surface area contributed by atoms with E-state index in [2.05, 4.69) is 37.7 Å². The zero-order valence-corrected chi connectivity index (χ0v) is 14.6. The van der Waals surface area contributed by atoms with Crippen molar-refractivity contribution in [1.29, 1.82) is 0 Å². The van der Waals surface area contributed by atoms with E-state index < -0.39 is 41.5 Å². The van der Waals surface area contributed by atoms with Gasteiger partial charge in [-0.2, -0.15) is 23.2 Å². The molecule has 3 N–H and O–H groups in total. The van der Waals surface area contributed by atoms with Gasteiger partial charge in [-0.1, -0.05) is 0 Å². The van der Waals surface area contributed by atoms with E-state index in [4.69, 9.17) is 5.73 Å². The Morgan fingerprint density at radius 3 is 2.70 bits per heavy atom. The van der Waals surface area contributed by atoms with Gasteiger partial charge in [0.15, 0.2) is 0 Å². The van der Waals surface area contributed by atoms with Gasteiger partial charge in [0.2, 0.25) is 0 Å². The summed E-state index contributed by atoms with van der Waals surface area (Å²) >= 11 is -1.43. The van der Waals surface area contributed by atoms with Crippen LogP contribution in [0.3, 0.4) is 0 Å². The molecule has 0 heterocycles. The number of benzene rings is 1. The van der Waals surface area contributed by atoms with Crippen molar-refractivity contribution in [3.8, 4) is 0 Å². The van der Waals surface area contributed by atoms with Crippen molar-refractivity contribution < 1.29 is 27.6 Å². The number of aliphatic hydroxyl groups excluding tert-OH is 1. The monoisotopic (exact) mass is 398 g/mol. The first-order valence-electron chi connectivity index (χ1n) is 7.05. The summed E-state index contributed by atoms with van der Waals surface area (Å²) in [6.45, 7) is 0. The highest BCUT2D eigenvalue weighted by Crippen LogP contribution is 2.31. The summed E-state index contributed by atoms with van der Waals surface area (Å²) < 4.78 is 52.1. The molecule has 0 bridgehead atoms. The molecule has 11 heteroatoms. The Balaban J connectivity index is 2.82. The minimum absolute atomic E-state index is 0.0280. The lowest BCUT2D eigenvalue weighted by atomic mass is 10.0. The van der Waals surface area contributed by atoms with Crippen LogP contribution in [0, 0.1) is 0 Å². The smallest absolute Gasteiger partial charge is 0.416 e. The van der Waals surface area contributed by atoms with Gasteiger partial charge < -0.3 is 15.4 Å². The molecule has 0 saturated carbocycles. The number of carbonyl (C=O) groups is 1. The second kappa shape index (κ2) is 10.3. The molecule has 142 valence electrons. The molecule has 0 saturated heterocycles. The number of alkyl halides is 3. The van der Waals surface area contributed by atoms with Crippen LogP contribution in [0.1, 0.15) is 11.1 Å². The summed E-state index contributed by atoms with van der Waals surface area (Å²) in [7, 11) is 0. The molecule has 0 radical (unpaired) electrons. The Morgan fingerprint density at radius 2 is 2.07 bits per heavy atom. The first-order chi connectivity index (χ1) is 12.6. The summed E-state index contributed by atoms with van der Waals surface area (Å²) in [4.78, 5) is 18.3. The molecule has 1 aromatic carbocycles. The Hall–Kier alpha value is -2.86. The third-order valence-electron chi connectivity index (χ3n) is 2.71. The highest BCUT2D eigenvalue weighted by molar-refractivity contribution is 7.89. The Bertz CT molecular complexity index is 889. The van der Waals surface area contributed by atoms with Gasteiger partial charge in [-0.05, 0) is 33.9 Å². The highest BCUT2D eigenvalue weighted by Gasteiger charge is 2.31. The highest BCUT2D eigenvalue weighted by atomic mass is 32.2. The number of hydrogen-bond donors (Lipinski definition) is 2. The van der Waals surface area contributed by atoms with Gasteiger partial charge in [0.25, 0.3) is 5.91 Å². The lowest BCUT2D eigenvalue weighted by molar-refractivity contribution is -0.137. The second-order valence-electron chi connectivity index (χ2n) is 4.88. The van der Waals surface area contributed by atoms with Crippen molar-refractivity contribution in [2.75, 3.05) is 12.0 Å². The average molecular weight is 398 g/mol. The molecule has 7 nitrogen and oxygen atoms in total. The van der Waals surface area contributed by atoms with Gasteiger partial charge in [-0.15, -0.1) is 0 Å². The molecule has 1 amide bonds. The van der Waals surface area contributed by atoms with E-state index in [1.165, 1.54) is 12.3 Å². The van der Waals surface area contributed by atoms with Crippen LogP contribution >= 0.6 is 0 Å². The number of amides is 1. The third-order valence-corrected chi connectivity index (χ3v) is 3.05. The van der Waals surface area contributed by atoms with Crippen LogP contribution in [0.15, 0.2) is 44.5 Å². The van der Waals surface area contributed by atoms with Crippen molar-refractivity contribution >= 4 is 40.6 Å². The first-order valence-corrected chi connectivity index (χ1v) is 8.56. The molecule has 0 aliphatic rings. The van der Waals surface area contributed by atoms with Crippen molar-refractivity contribution in [1.82, 2.24) is 0 Å². The summed E-state index contributed by atoms with van der Waals surface area (Å²) in [5.41, 5.74) is 6.54. The number of carbonyl (C=O) groups excluding carboxylic acids is 1. The molecule has 0 aliphatic heterocycles. The Labute approximate surface area is 155 Å². The summed E-state index contributed by atoms with van der Waals surface area (Å²) in [6.07, 6.45) is -4.37.